The van der Waals surface area contributed by atoms with E-state index in [4.69, 9.17) is 14.2 Å². The van der Waals surface area contributed by atoms with Gasteiger partial charge in [-0.1, -0.05) is 134 Å². The van der Waals surface area contributed by atoms with Crippen molar-refractivity contribution in [2.45, 2.75) is 136 Å². The second-order valence-corrected chi connectivity index (χ2v) is 13.2. The lowest BCUT2D eigenvalue weighted by Crippen LogP contribution is -2.15. The highest BCUT2D eigenvalue weighted by Gasteiger charge is 2.12. The zero-order valence-corrected chi connectivity index (χ0v) is 30.6. The van der Waals surface area contributed by atoms with E-state index in [0.717, 1.165) is 43.2 Å². The summed E-state index contributed by atoms with van der Waals surface area (Å²) in [5.74, 6) is 4.05. The van der Waals surface area contributed by atoms with Crippen LogP contribution in [-0.2, 0) is 9.53 Å². The Labute approximate surface area is 300 Å². The van der Waals surface area contributed by atoms with Crippen LogP contribution in [0.25, 0.3) is 11.1 Å². The van der Waals surface area contributed by atoms with Gasteiger partial charge in [-0.2, -0.15) is 0 Å². The lowest BCUT2D eigenvalue weighted by molar-refractivity contribution is -0.128. The van der Waals surface area contributed by atoms with Crippen molar-refractivity contribution in [3.05, 3.63) is 83.7 Å². The van der Waals surface area contributed by atoms with Gasteiger partial charge in [0.15, 0.2) is 0 Å². The van der Waals surface area contributed by atoms with Crippen LogP contribution in [0.4, 0.5) is 4.39 Å². The molecule has 0 radical (unpaired) electrons. The fourth-order valence-electron chi connectivity index (χ4n) is 5.75. The van der Waals surface area contributed by atoms with E-state index in [-0.39, 0.29) is 17.6 Å². The molecule has 0 unspecified atom stereocenters. The maximum Gasteiger partial charge on any atom is 0.390 e. The number of benzene rings is 3. The Morgan fingerprint density at radius 1 is 0.660 bits per heavy atom. The fraction of sp³-hybridized carbons (Fsp3) is 0.500. The summed E-state index contributed by atoms with van der Waals surface area (Å²) in [5.41, 5.74) is 2.41. The number of hydrogen-bond acceptors (Lipinski definition) is 5. The quantitative estimate of drug-likeness (QED) is 0.0430. The SMILES string of the molecule is CCCCCCCCCCCCCCOc1ccc(C#CC(=O)Oc2ccc(-c3ccc(C(=O)O[C@H](C)CCCCCC)cc3)cc2)c(F)c1. The Hall–Kier alpha value is -4.11. The average Bonchev–Trinajstić information content (AvgIpc) is 3.12. The molecule has 3 aromatic carbocycles. The van der Waals surface area contributed by atoms with Gasteiger partial charge in [-0.25, -0.2) is 14.0 Å². The molecule has 1 atom stereocenters. The van der Waals surface area contributed by atoms with E-state index < -0.39 is 11.8 Å². The van der Waals surface area contributed by atoms with E-state index in [1.807, 2.05) is 31.2 Å². The third kappa shape index (κ3) is 16.1. The van der Waals surface area contributed by atoms with E-state index in [1.165, 1.54) is 89.2 Å². The van der Waals surface area contributed by atoms with Gasteiger partial charge in [0.05, 0.1) is 23.8 Å². The summed E-state index contributed by atoms with van der Waals surface area (Å²) in [6.45, 7) is 6.91. The zero-order chi connectivity index (χ0) is 35.8. The van der Waals surface area contributed by atoms with Gasteiger partial charge < -0.3 is 14.2 Å². The van der Waals surface area contributed by atoms with Crippen LogP contribution in [0.1, 0.15) is 146 Å². The van der Waals surface area contributed by atoms with Gasteiger partial charge in [0.25, 0.3) is 0 Å². The third-order valence-electron chi connectivity index (χ3n) is 8.80. The highest BCUT2D eigenvalue weighted by molar-refractivity contribution is 5.91. The molecule has 0 amide bonds. The van der Waals surface area contributed by atoms with Crippen molar-refractivity contribution in [1.82, 2.24) is 0 Å². The molecule has 0 N–H and O–H groups in total. The van der Waals surface area contributed by atoms with Crippen LogP contribution in [0.5, 0.6) is 11.5 Å². The van der Waals surface area contributed by atoms with Crippen LogP contribution < -0.4 is 9.47 Å². The van der Waals surface area contributed by atoms with Gasteiger partial charge in [-0.05, 0) is 73.7 Å². The largest absolute Gasteiger partial charge is 0.493 e. The maximum absolute atomic E-state index is 14.6. The Morgan fingerprint density at radius 3 is 1.76 bits per heavy atom. The van der Waals surface area contributed by atoms with Crippen LogP contribution in [0, 0.1) is 17.7 Å². The predicted molar refractivity (Wildman–Crippen MR) is 201 cm³/mol. The van der Waals surface area contributed by atoms with Crippen LogP contribution in [0.15, 0.2) is 66.7 Å². The highest BCUT2D eigenvalue weighted by Crippen LogP contribution is 2.24. The van der Waals surface area contributed by atoms with Gasteiger partial charge in [0.1, 0.15) is 17.3 Å². The Balaban J connectivity index is 1.35. The summed E-state index contributed by atoms with van der Waals surface area (Å²) in [4.78, 5) is 24.9. The normalized spacial score (nSPS) is 11.4. The molecule has 3 aromatic rings. The van der Waals surface area contributed by atoms with E-state index in [1.54, 1.807) is 30.3 Å². The molecule has 50 heavy (non-hydrogen) atoms. The fourth-order valence-corrected chi connectivity index (χ4v) is 5.75. The van der Waals surface area contributed by atoms with Crippen LogP contribution in [-0.4, -0.2) is 24.6 Å². The van der Waals surface area contributed by atoms with Gasteiger partial charge in [0.2, 0.25) is 0 Å². The van der Waals surface area contributed by atoms with Crippen LogP contribution >= 0.6 is 0 Å². The molecule has 3 rings (SSSR count). The summed E-state index contributed by atoms with van der Waals surface area (Å²) < 4.78 is 31.3. The number of carbonyl (C=O) groups excluding carboxylic acids is 2. The van der Waals surface area contributed by atoms with Crippen LogP contribution in [0.2, 0.25) is 0 Å². The summed E-state index contributed by atoms with van der Waals surface area (Å²) in [6, 6.07) is 18.7. The van der Waals surface area contributed by atoms with Gasteiger partial charge in [-0.15, -0.1) is 0 Å². The Bertz CT molecular complexity index is 1470. The lowest BCUT2D eigenvalue weighted by atomic mass is 10.0. The molecule has 0 aliphatic carbocycles. The monoisotopic (exact) mass is 684 g/mol. The molecular formula is C44H57FO5. The molecular weight excluding hydrogens is 627 g/mol. The number of hydrogen-bond donors (Lipinski definition) is 0. The average molecular weight is 685 g/mol. The topological polar surface area (TPSA) is 61.8 Å². The molecule has 0 saturated carbocycles. The molecule has 0 aliphatic rings. The Kier molecular flexibility index (Phi) is 19.4. The minimum absolute atomic E-state index is 0.101. The molecule has 6 heteroatoms. The van der Waals surface area contributed by atoms with Gasteiger partial charge in [0, 0.05) is 12.0 Å². The first-order chi connectivity index (χ1) is 24.4. The van der Waals surface area contributed by atoms with Crippen molar-refractivity contribution in [2.24, 2.45) is 0 Å². The second-order valence-electron chi connectivity index (χ2n) is 13.2. The van der Waals surface area contributed by atoms with Crippen molar-refractivity contribution >= 4 is 11.9 Å². The van der Waals surface area contributed by atoms with E-state index >= 15 is 0 Å². The standard InChI is InChI=1S/C44H57FO5/c1-4-6-8-10-11-12-13-14-15-16-17-19-33-48-41-31-27-38(42(45)34-41)28-32-43(46)50-40-29-25-37(26-30-40)36-21-23-39(24-22-36)44(47)49-35(3)20-18-9-7-5-2/h21-27,29-31,34-35H,4-20,33H2,1-3H3/t35-/m1/s1. The third-order valence-corrected chi connectivity index (χ3v) is 8.80. The molecule has 0 aliphatic heterocycles. The number of carbonyl (C=O) groups is 2. The van der Waals surface area contributed by atoms with Crippen molar-refractivity contribution in [1.29, 1.82) is 0 Å². The number of rotatable bonds is 23. The van der Waals surface area contributed by atoms with Gasteiger partial charge in [-0.3, -0.25) is 0 Å². The summed E-state index contributed by atoms with van der Waals surface area (Å²) in [7, 11) is 0. The van der Waals surface area contributed by atoms with Crippen LogP contribution in [0.3, 0.4) is 0 Å². The van der Waals surface area contributed by atoms with E-state index in [0.29, 0.717) is 23.7 Å². The van der Waals surface area contributed by atoms with Crippen molar-refractivity contribution in [3.8, 4) is 34.5 Å². The predicted octanol–water partition coefficient (Wildman–Crippen LogP) is 12.0. The second kappa shape index (κ2) is 24.1. The van der Waals surface area contributed by atoms with E-state index in [2.05, 4.69) is 25.7 Å². The molecule has 5 nitrogen and oxygen atoms in total. The molecule has 270 valence electrons. The number of halogens is 1. The summed E-state index contributed by atoms with van der Waals surface area (Å²) in [5, 5.41) is 0. The molecule has 0 bridgehead atoms. The van der Waals surface area contributed by atoms with E-state index in [9.17, 15) is 14.0 Å². The van der Waals surface area contributed by atoms with Crippen molar-refractivity contribution < 1.29 is 28.2 Å². The maximum atomic E-state index is 14.6. The first-order valence-corrected chi connectivity index (χ1v) is 19.0. The molecule has 0 saturated heterocycles. The molecule has 0 heterocycles. The van der Waals surface area contributed by atoms with Gasteiger partial charge >= 0.3 is 11.9 Å². The Morgan fingerprint density at radius 2 is 1.18 bits per heavy atom. The molecule has 0 fully saturated rings. The summed E-state index contributed by atoms with van der Waals surface area (Å²) in [6.07, 6.45) is 20.6. The number of ether oxygens (including phenoxy) is 3. The molecule has 0 aromatic heterocycles. The lowest BCUT2D eigenvalue weighted by Gasteiger charge is -2.13. The zero-order valence-electron chi connectivity index (χ0n) is 30.6. The number of esters is 2. The number of unbranched alkanes of at least 4 members (excludes halogenated alkanes) is 14. The highest BCUT2D eigenvalue weighted by atomic mass is 19.1. The minimum Gasteiger partial charge on any atom is -0.493 e. The smallest absolute Gasteiger partial charge is 0.390 e. The minimum atomic E-state index is -0.785. The molecule has 0 spiro atoms. The first kappa shape index (κ1) is 40.3. The van der Waals surface area contributed by atoms with Crippen molar-refractivity contribution in [2.75, 3.05) is 6.61 Å². The van der Waals surface area contributed by atoms with Crippen molar-refractivity contribution in [3.63, 3.8) is 0 Å². The first-order valence-electron chi connectivity index (χ1n) is 19.0. The summed E-state index contributed by atoms with van der Waals surface area (Å²) >= 11 is 0.